The highest BCUT2D eigenvalue weighted by atomic mass is 32.1. The van der Waals surface area contributed by atoms with E-state index in [1.165, 1.54) is 6.07 Å². The molecule has 1 aromatic carbocycles. The minimum Gasteiger partial charge on any atom is -0.507 e. The first kappa shape index (κ1) is 9.33. The molecule has 74 valence electrons. The van der Waals surface area contributed by atoms with Gasteiger partial charge in [0.15, 0.2) is 0 Å². The zero-order chi connectivity index (χ0) is 10.3. The van der Waals surface area contributed by atoms with Crippen molar-refractivity contribution in [2.24, 2.45) is 0 Å². The van der Waals surface area contributed by atoms with Crippen LogP contribution in [0.4, 0.5) is 13.2 Å². The number of hydrogen-bond acceptors (Lipinski definition) is 2. The lowest BCUT2D eigenvalue weighted by Gasteiger charge is -2.04. The van der Waals surface area contributed by atoms with Crippen LogP contribution in [0.2, 0.25) is 0 Å². The Morgan fingerprint density at radius 3 is 2.71 bits per heavy atom. The van der Waals surface area contributed by atoms with Gasteiger partial charge in [0.05, 0.1) is 10.3 Å². The maximum atomic E-state index is 13.4. The largest absolute Gasteiger partial charge is 0.507 e. The highest BCUT2D eigenvalue weighted by Crippen LogP contribution is 2.36. The van der Waals surface area contributed by atoms with Crippen molar-refractivity contribution in [3.05, 3.63) is 28.9 Å². The quantitative estimate of drug-likeness (QED) is 0.774. The first-order valence-corrected chi connectivity index (χ1v) is 4.66. The lowest BCUT2D eigenvalue weighted by Crippen LogP contribution is -1.90. The Bertz CT molecular complexity index is 478. The molecule has 1 nitrogen and oxygen atoms in total. The summed E-state index contributed by atoms with van der Waals surface area (Å²) < 4.78 is 38.0. The first-order chi connectivity index (χ1) is 6.61. The standard InChI is InChI=1S/C9H5F3OS/c10-7-5(9(11)12)3-6(13)4-1-2-14-8(4)7/h1-3,9,13H. The van der Waals surface area contributed by atoms with Crippen LogP contribution >= 0.6 is 11.3 Å². The number of aromatic hydroxyl groups is 1. The summed E-state index contributed by atoms with van der Waals surface area (Å²) >= 11 is 0.991. The molecule has 5 heteroatoms. The Labute approximate surface area is 81.4 Å². The summed E-state index contributed by atoms with van der Waals surface area (Å²) in [6.45, 7) is 0. The van der Waals surface area contributed by atoms with Gasteiger partial charge in [-0.3, -0.25) is 0 Å². The molecule has 0 fully saturated rings. The molecule has 0 amide bonds. The second-order valence-electron chi connectivity index (χ2n) is 2.76. The molecule has 2 rings (SSSR count). The third-order valence-electron chi connectivity index (χ3n) is 1.92. The van der Waals surface area contributed by atoms with Crippen LogP contribution < -0.4 is 0 Å². The Morgan fingerprint density at radius 2 is 2.07 bits per heavy atom. The van der Waals surface area contributed by atoms with Gasteiger partial charge in [0.25, 0.3) is 6.43 Å². The number of thiophene rings is 1. The Hall–Kier alpha value is -1.23. The summed E-state index contributed by atoms with van der Waals surface area (Å²) in [5, 5.41) is 11.1. The molecule has 0 radical (unpaired) electrons. The van der Waals surface area contributed by atoms with Crippen LogP contribution in [-0.4, -0.2) is 5.11 Å². The molecule has 1 N–H and O–H groups in total. The summed E-state index contributed by atoms with van der Waals surface area (Å²) in [4.78, 5) is 0. The van der Waals surface area contributed by atoms with Crippen LogP contribution in [0.3, 0.4) is 0 Å². The van der Waals surface area contributed by atoms with E-state index in [1.54, 1.807) is 5.38 Å². The molecule has 0 aliphatic rings. The highest BCUT2D eigenvalue weighted by molar-refractivity contribution is 7.17. The average Bonchev–Trinajstić information content (AvgIpc) is 2.59. The minimum absolute atomic E-state index is 0.0697. The van der Waals surface area contributed by atoms with Crippen molar-refractivity contribution in [3.63, 3.8) is 0 Å². The van der Waals surface area contributed by atoms with Crippen LogP contribution in [0.15, 0.2) is 17.5 Å². The summed E-state index contributed by atoms with van der Waals surface area (Å²) in [5.41, 5.74) is -0.752. The van der Waals surface area contributed by atoms with Gasteiger partial charge in [0, 0.05) is 5.39 Å². The van der Waals surface area contributed by atoms with Crippen molar-refractivity contribution in [1.82, 2.24) is 0 Å². The topological polar surface area (TPSA) is 20.2 Å². The Kier molecular flexibility index (Phi) is 2.11. The van der Waals surface area contributed by atoms with E-state index in [0.29, 0.717) is 0 Å². The predicted molar refractivity (Wildman–Crippen MR) is 48.4 cm³/mol. The molecule has 0 spiro atoms. The van der Waals surface area contributed by atoms with Crippen LogP contribution in [0.1, 0.15) is 12.0 Å². The van der Waals surface area contributed by atoms with Gasteiger partial charge in [0.1, 0.15) is 11.6 Å². The second kappa shape index (κ2) is 3.16. The molecule has 0 saturated carbocycles. The number of hydrogen-bond donors (Lipinski definition) is 1. The van der Waals surface area contributed by atoms with E-state index in [1.807, 2.05) is 0 Å². The zero-order valence-corrected chi connectivity index (χ0v) is 7.62. The maximum absolute atomic E-state index is 13.4. The lowest BCUT2D eigenvalue weighted by molar-refractivity contribution is 0.146. The first-order valence-electron chi connectivity index (χ1n) is 3.78. The fourth-order valence-corrected chi connectivity index (χ4v) is 2.12. The normalized spacial score (nSPS) is 11.4. The monoisotopic (exact) mass is 218 g/mol. The van der Waals surface area contributed by atoms with E-state index in [9.17, 15) is 18.3 Å². The molecule has 0 unspecified atom stereocenters. The number of phenols is 1. The van der Waals surface area contributed by atoms with E-state index < -0.39 is 17.8 Å². The van der Waals surface area contributed by atoms with Crippen molar-refractivity contribution in [2.75, 3.05) is 0 Å². The van der Waals surface area contributed by atoms with E-state index in [4.69, 9.17) is 0 Å². The van der Waals surface area contributed by atoms with Gasteiger partial charge in [0.2, 0.25) is 0 Å². The van der Waals surface area contributed by atoms with Crippen molar-refractivity contribution in [1.29, 1.82) is 0 Å². The third kappa shape index (κ3) is 1.24. The van der Waals surface area contributed by atoms with E-state index in [-0.39, 0.29) is 15.8 Å². The maximum Gasteiger partial charge on any atom is 0.266 e. The number of benzene rings is 1. The summed E-state index contributed by atoms with van der Waals surface area (Å²) in [6, 6.07) is 2.27. The number of phenolic OH excluding ortho intramolecular Hbond substituents is 1. The molecule has 0 aliphatic carbocycles. The van der Waals surface area contributed by atoms with Crippen LogP contribution in [0.25, 0.3) is 10.1 Å². The zero-order valence-electron chi connectivity index (χ0n) is 6.80. The smallest absolute Gasteiger partial charge is 0.266 e. The van der Waals surface area contributed by atoms with E-state index in [2.05, 4.69) is 0 Å². The van der Waals surface area contributed by atoms with Crippen molar-refractivity contribution < 1.29 is 18.3 Å². The minimum atomic E-state index is -2.91. The second-order valence-corrected chi connectivity index (χ2v) is 3.68. The molecular formula is C9H5F3OS. The SMILES string of the molecule is Oc1cc(C(F)F)c(F)c2sccc12. The Balaban J connectivity index is 2.82. The number of fused-ring (bicyclic) bond motifs is 1. The molecule has 0 bridgehead atoms. The summed E-state index contributed by atoms with van der Waals surface area (Å²) in [5.74, 6) is -1.25. The van der Waals surface area contributed by atoms with Gasteiger partial charge in [-0.05, 0) is 17.5 Å². The van der Waals surface area contributed by atoms with Gasteiger partial charge in [-0.2, -0.15) is 0 Å². The Morgan fingerprint density at radius 1 is 1.36 bits per heavy atom. The molecule has 0 aliphatic heterocycles. The fourth-order valence-electron chi connectivity index (χ4n) is 1.26. The number of rotatable bonds is 1. The molecule has 14 heavy (non-hydrogen) atoms. The van der Waals surface area contributed by atoms with Gasteiger partial charge in [-0.1, -0.05) is 0 Å². The summed E-state index contributed by atoms with van der Waals surface area (Å²) in [6.07, 6.45) is -2.91. The molecule has 1 aromatic heterocycles. The van der Waals surface area contributed by atoms with Crippen LogP contribution in [0.5, 0.6) is 5.75 Å². The van der Waals surface area contributed by atoms with E-state index in [0.717, 1.165) is 17.4 Å². The summed E-state index contributed by atoms with van der Waals surface area (Å²) in [7, 11) is 0. The highest BCUT2D eigenvalue weighted by Gasteiger charge is 2.19. The predicted octanol–water partition coefficient (Wildman–Crippen LogP) is 3.68. The van der Waals surface area contributed by atoms with Gasteiger partial charge in [-0.25, -0.2) is 13.2 Å². The van der Waals surface area contributed by atoms with E-state index >= 15 is 0 Å². The molecule has 1 heterocycles. The molecule has 2 aromatic rings. The number of alkyl halides is 2. The van der Waals surface area contributed by atoms with Crippen molar-refractivity contribution >= 4 is 21.4 Å². The van der Waals surface area contributed by atoms with Gasteiger partial charge < -0.3 is 5.11 Å². The van der Waals surface area contributed by atoms with Crippen LogP contribution in [0, 0.1) is 5.82 Å². The molecule has 0 saturated heterocycles. The fraction of sp³-hybridized carbons (Fsp3) is 0.111. The van der Waals surface area contributed by atoms with Gasteiger partial charge >= 0.3 is 0 Å². The lowest BCUT2D eigenvalue weighted by atomic mass is 10.1. The number of halogens is 3. The average molecular weight is 218 g/mol. The molecule has 0 atom stereocenters. The molecular weight excluding hydrogens is 213 g/mol. The van der Waals surface area contributed by atoms with Crippen LogP contribution in [-0.2, 0) is 0 Å². The van der Waals surface area contributed by atoms with Crippen molar-refractivity contribution in [3.8, 4) is 5.75 Å². The van der Waals surface area contributed by atoms with Gasteiger partial charge in [-0.15, -0.1) is 11.3 Å². The third-order valence-corrected chi connectivity index (χ3v) is 2.83. The van der Waals surface area contributed by atoms with Crippen molar-refractivity contribution in [2.45, 2.75) is 6.43 Å².